The third kappa shape index (κ3) is 2.09. The molecule has 0 bridgehead atoms. The van der Waals surface area contributed by atoms with Crippen LogP contribution in [0.5, 0.6) is 0 Å². The quantitative estimate of drug-likeness (QED) is 0.780. The molecule has 5 heteroatoms. The number of benzene rings is 1. The summed E-state index contributed by atoms with van der Waals surface area (Å²) in [6.45, 7) is 0. The molecule has 0 fully saturated rings. The molecule has 0 aliphatic heterocycles. The summed E-state index contributed by atoms with van der Waals surface area (Å²) in [6, 6.07) is 7.48. The van der Waals surface area contributed by atoms with Crippen LogP contribution in [-0.4, -0.2) is 14.3 Å². The third-order valence-corrected chi connectivity index (χ3v) is 3.12. The Hall–Kier alpha value is -1.17. The van der Waals surface area contributed by atoms with E-state index in [2.05, 4.69) is 0 Å². The van der Waals surface area contributed by atoms with Crippen molar-refractivity contribution in [1.82, 2.24) is 0 Å². The zero-order valence-corrected chi connectivity index (χ0v) is 8.78. The molecule has 0 spiro atoms. The van der Waals surface area contributed by atoms with E-state index in [1.807, 2.05) is 30.3 Å². The average molecular weight is 225 g/mol. The Morgan fingerprint density at radius 3 is 2.80 bits per heavy atom. The van der Waals surface area contributed by atoms with E-state index in [1.165, 1.54) is 0 Å². The van der Waals surface area contributed by atoms with E-state index >= 15 is 0 Å². The van der Waals surface area contributed by atoms with Crippen molar-refractivity contribution in [2.24, 2.45) is 5.73 Å². The van der Waals surface area contributed by atoms with Gasteiger partial charge in [0.15, 0.2) is 0 Å². The predicted molar refractivity (Wildman–Crippen MR) is 57.3 cm³/mol. The number of rotatable bonds is 3. The first-order chi connectivity index (χ1) is 7.12. The summed E-state index contributed by atoms with van der Waals surface area (Å²) >= 11 is 0. The van der Waals surface area contributed by atoms with Crippen molar-refractivity contribution in [2.75, 3.05) is 5.88 Å². The van der Waals surface area contributed by atoms with Gasteiger partial charge in [-0.3, -0.25) is 4.18 Å². The molecule has 1 aliphatic carbocycles. The highest BCUT2D eigenvalue weighted by atomic mass is 32.2. The van der Waals surface area contributed by atoms with Gasteiger partial charge in [-0.05, 0) is 17.2 Å². The van der Waals surface area contributed by atoms with Gasteiger partial charge in [0.1, 0.15) is 12.0 Å². The Bertz CT molecular complexity index is 493. The summed E-state index contributed by atoms with van der Waals surface area (Å²) in [7, 11) is -3.62. The second kappa shape index (κ2) is 3.77. The highest BCUT2D eigenvalue weighted by Gasteiger charge is 2.22. The lowest BCUT2D eigenvalue weighted by molar-refractivity contribution is 0.265. The van der Waals surface area contributed by atoms with Crippen molar-refractivity contribution in [2.45, 2.75) is 6.10 Å². The van der Waals surface area contributed by atoms with Gasteiger partial charge in [0, 0.05) is 0 Å². The molecular formula is C10H11NO3S. The fraction of sp³-hybridized carbons (Fsp3) is 0.200. The summed E-state index contributed by atoms with van der Waals surface area (Å²) in [5.74, 6) is -0.500. The van der Waals surface area contributed by atoms with Crippen LogP contribution in [0.4, 0.5) is 0 Å². The van der Waals surface area contributed by atoms with Gasteiger partial charge in [-0.15, -0.1) is 0 Å². The number of hydrogen-bond donors (Lipinski definition) is 1. The Balaban J connectivity index is 2.26. The van der Waals surface area contributed by atoms with Gasteiger partial charge >= 0.3 is 0 Å². The first-order valence-corrected chi connectivity index (χ1v) is 6.08. The number of fused-ring (bicyclic) bond motifs is 1. The third-order valence-electron chi connectivity index (χ3n) is 2.21. The van der Waals surface area contributed by atoms with Crippen LogP contribution in [0.2, 0.25) is 0 Å². The van der Waals surface area contributed by atoms with Crippen molar-refractivity contribution < 1.29 is 12.6 Å². The molecule has 0 amide bonds. The maximum Gasteiger partial charge on any atom is 0.281 e. The van der Waals surface area contributed by atoms with Gasteiger partial charge < -0.3 is 5.73 Å². The Labute approximate surface area is 88.5 Å². The molecule has 80 valence electrons. The summed E-state index contributed by atoms with van der Waals surface area (Å²) in [4.78, 5) is 0. The lowest BCUT2D eigenvalue weighted by Gasteiger charge is -2.10. The van der Waals surface area contributed by atoms with E-state index in [0.29, 0.717) is 0 Å². The van der Waals surface area contributed by atoms with Crippen LogP contribution in [0.25, 0.3) is 6.08 Å². The topological polar surface area (TPSA) is 69.4 Å². The van der Waals surface area contributed by atoms with Crippen LogP contribution in [-0.2, 0) is 14.3 Å². The van der Waals surface area contributed by atoms with E-state index in [1.54, 1.807) is 6.08 Å². The maximum atomic E-state index is 11.2. The summed E-state index contributed by atoms with van der Waals surface area (Å²) in [6.07, 6.45) is 3.01. The molecule has 1 aliphatic rings. The molecule has 0 heterocycles. The smallest absolute Gasteiger partial charge is 0.281 e. The van der Waals surface area contributed by atoms with Gasteiger partial charge in [-0.1, -0.05) is 30.3 Å². The van der Waals surface area contributed by atoms with Gasteiger partial charge in [-0.2, -0.15) is 8.42 Å². The fourth-order valence-electron chi connectivity index (χ4n) is 1.50. The summed E-state index contributed by atoms with van der Waals surface area (Å²) in [5, 5.41) is 0. The van der Waals surface area contributed by atoms with Crippen LogP contribution in [0.3, 0.4) is 0 Å². The van der Waals surface area contributed by atoms with Crippen molar-refractivity contribution >= 4 is 16.2 Å². The zero-order valence-electron chi connectivity index (χ0n) is 7.96. The van der Waals surface area contributed by atoms with Crippen molar-refractivity contribution in [3.63, 3.8) is 0 Å². The highest BCUT2D eigenvalue weighted by Crippen LogP contribution is 2.31. The lowest BCUT2D eigenvalue weighted by atomic mass is 10.1. The molecule has 1 aromatic carbocycles. The second-order valence-electron chi connectivity index (χ2n) is 3.23. The number of hydrogen-bond acceptors (Lipinski definition) is 4. The van der Waals surface area contributed by atoms with Crippen LogP contribution in [0.1, 0.15) is 17.2 Å². The molecule has 2 rings (SSSR count). The average Bonchev–Trinajstić information content (AvgIpc) is 2.62. The molecule has 0 radical (unpaired) electrons. The van der Waals surface area contributed by atoms with Crippen LogP contribution in [0.15, 0.2) is 30.3 Å². The van der Waals surface area contributed by atoms with Crippen molar-refractivity contribution in [3.05, 3.63) is 41.5 Å². The first-order valence-electron chi connectivity index (χ1n) is 4.50. The van der Waals surface area contributed by atoms with Crippen molar-refractivity contribution in [1.29, 1.82) is 0 Å². The molecule has 1 aromatic rings. The monoisotopic (exact) mass is 225 g/mol. The van der Waals surface area contributed by atoms with E-state index in [-0.39, 0.29) is 0 Å². The van der Waals surface area contributed by atoms with Crippen LogP contribution >= 0.6 is 0 Å². The molecular weight excluding hydrogens is 214 g/mol. The number of nitrogens with two attached hydrogens (primary N) is 1. The minimum Gasteiger partial charge on any atom is -0.316 e. The highest BCUT2D eigenvalue weighted by molar-refractivity contribution is 7.86. The normalized spacial score (nSPS) is 19.1. The largest absolute Gasteiger partial charge is 0.316 e. The van der Waals surface area contributed by atoms with E-state index in [0.717, 1.165) is 11.1 Å². The van der Waals surface area contributed by atoms with E-state index in [4.69, 9.17) is 9.92 Å². The summed E-state index contributed by atoms with van der Waals surface area (Å²) in [5.41, 5.74) is 6.90. The van der Waals surface area contributed by atoms with Crippen molar-refractivity contribution in [3.8, 4) is 0 Å². The van der Waals surface area contributed by atoms with Gasteiger partial charge in [0.25, 0.3) is 10.1 Å². The molecule has 1 atom stereocenters. The zero-order chi connectivity index (χ0) is 10.9. The molecule has 15 heavy (non-hydrogen) atoms. The molecule has 1 unspecified atom stereocenters. The van der Waals surface area contributed by atoms with Crippen LogP contribution in [0, 0.1) is 0 Å². The molecule has 2 N–H and O–H groups in total. The Morgan fingerprint density at radius 1 is 1.33 bits per heavy atom. The standard InChI is InChI=1S/C10H11NO3S/c11-7-15(12,13)14-10-6-5-8-3-1-2-4-9(8)10/h1-6,10H,7,11H2. The first kappa shape index (κ1) is 10.4. The van der Waals surface area contributed by atoms with E-state index < -0.39 is 22.1 Å². The Morgan fingerprint density at radius 2 is 2.07 bits per heavy atom. The SMILES string of the molecule is NCS(=O)(=O)OC1C=Cc2ccccc21. The lowest BCUT2D eigenvalue weighted by Crippen LogP contribution is -2.18. The van der Waals surface area contributed by atoms with E-state index in [9.17, 15) is 8.42 Å². The maximum absolute atomic E-state index is 11.2. The minimum absolute atomic E-state index is 0.500. The van der Waals surface area contributed by atoms with Gasteiger partial charge in [0.05, 0.1) is 0 Å². The molecule has 0 saturated heterocycles. The molecule has 0 saturated carbocycles. The minimum atomic E-state index is -3.62. The van der Waals surface area contributed by atoms with Gasteiger partial charge in [-0.25, -0.2) is 0 Å². The predicted octanol–water partition coefficient (Wildman–Crippen LogP) is 1.02. The molecule has 0 aromatic heterocycles. The Kier molecular flexibility index (Phi) is 2.60. The summed E-state index contributed by atoms with van der Waals surface area (Å²) < 4.78 is 27.3. The molecule has 4 nitrogen and oxygen atoms in total. The second-order valence-corrected chi connectivity index (χ2v) is 4.87. The van der Waals surface area contributed by atoms with Crippen LogP contribution < -0.4 is 5.73 Å². The van der Waals surface area contributed by atoms with Gasteiger partial charge in [0.2, 0.25) is 0 Å². The fourth-order valence-corrected chi connectivity index (χ4v) is 2.06.